The molecule has 2 aromatic rings. The first kappa shape index (κ1) is 17.4. The van der Waals surface area contributed by atoms with E-state index in [0.29, 0.717) is 15.4 Å². The van der Waals surface area contributed by atoms with Gasteiger partial charge in [-0.15, -0.1) is 0 Å². The van der Waals surface area contributed by atoms with Crippen LogP contribution in [0.15, 0.2) is 30.3 Å². The zero-order valence-corrected chi connectivity index (χ0v) is 12.9. The molecule has 12 heteroatoms. The van der Waals surface area contributed by atoms with Crippen LogP contribution in [0.4, 0.5) is 21.0 Å². The largest absolute Gasteiger partial charge is 0.380 e. The molecule has 0 fully saturated rings. The minimum Gasteiger partial charge on any atom is -0.380 e. The van der Waals surface area contributed by atoms with Crippen molar-refractivity contribution in [2.45, 2.75) is 0 Å². The summed E-state index contributed by atoms with van der Waals surface area (Å²) in [4.78, 5) is 22.6. The minimum atomic E-state index is -2.55. The number of hydrazine groups is 2. The van der Waals surface area contributed by atoms with Gasteiger partial charge in [0.2, 0.25) is 0 Å². The third-order valence-electron chi connectivity index (χ3n) is 3.10. The number of nitrogens with zero attached hydrogens (tertiary/aromatic N) is 2. The lowest BCUT2D eigenvalue weighted by Crippen LogP contribution is -2.42. The van der Waals surface area contributed by atoms with Crippen LogP contribution in [0.1, 0.15) is 0 Å². The zero-order chi connectivity index (χ0) is 18.0. The van der Waals surface area contributed by atoms with Crippen LogP contribution in [0, 0.1) is 0 Å². The van der Waals surface area contributed by atoms with Crippen LogP contribution >= 0.6 is 0 Å². The second-order valence-electron chi connectivity index (χ2n) is 4.53. The summed E-state index contributed by atoms with van der Waals surface area (Å²) in [5.41, 5.74) is 10.7. The maximum absolute atomic E-state index is 11.3. The van der Waals surface area contributed by atoms with E-state index in [1.54, 1.807) is 0 Å². The van der Waals surface area contributed by atoms with Crippen LogP contribution in [0.25, 0.3) is 10.8 Å². The molecular weight excluding hydrogens is 340 g/mol. The van der Waals surface area contributed by atoms with E-state index in [0.717, 1.165) is 0 Å². The third kappa shape index (κ3) is 3.36. The van der Waals surface area contributed by atoms with Gasteiger partial charge in [0, 0.05) is 10.8 Å². The number of carbonyl (C=O) groups is 2. The molecule has 0 aliphatic carbocycles. The molecule has 11 nitrogen and oxygen atoms in total. The Kier molecular flexibility index (Phi) is 4.85. The Hall–Kier alpha value is -2.93. The van der Waals surface area contributed by atoms with Crippen LogP contribution in [-0.2, 0) is 11.4 Å². The first-order chi connectivity index (χ1) is 11.2. The van der Waals surface area contributed by atoms with E-state index in [1.165, 1.54) is 30.3 Å². The van der Waals surface area contributed by atoms with Crippen LogP contribution < -0.4 is 37.4 Å². The van der Waals surface area contributed by atoms with Crippen molar-refractivity contribution in [2.24, 2.45) is 23.2 Å². The van der Waals surface area contributed by atoms with Crippen molar-refractivity contribution in [2.75, 3.05) is 10.0 Å². The highest BCUT2D eigenvalue weighted by atomic mass is 32.2. The molecular formula is C12H14N6O5S. The van der Waals surface area contributed by atoms with Crippen LogP contribution in [0.2, 0.25) is 0 Å². The molecule has 128 valence electrons. The standard InChI is InChI=1S/C12H14N6O5S/c13-11(19)17(15)9-3-4-10(18(16)12(14)20)8-5-6(23-24(21)22)1-2-7(8)9/h1-5H,15-16H2,(H2,13,19)(H2,14,20)(H,21,22). The van der Waals surface area contributed by atoms with Crippen molar-refractivity contribution in [1.82, 2.24) is 0 Å². The minimum absolute atomic E-state index is 0.0160. The highest BCUT2D eigenvalue weighted by Crippen LogP contribution is 2.35. The van der Waals surface area contributed by atoms with Crippen molar-refractivity contribution in [3.05, 3.63) is 30.3 Å². The van der Waals surface area contributed by atoms with Crippen LogP contribution in [0.3, 0.4) is 0 Å². The maximum atomic E-state index is 11.3. The number of primary amides is 2. The predicted molar refractivity (Wildman–Crippen MR) is 87.8 cm³/mol. The number of fused-ring (bicyclic) bond motifs is 1. The van der Waals surface area contributed by atoms with Crippen molar-refractivity contribution in [3.8, 4) is 5.75 Å². The fourth-order valence-electron chi connectivity index (χ4n) is 2.09. The lowest BCUT2D eigenvalue weighted by atomic mass is 10.1. The van der Waals surface area contributed by atoms with Gasteiger partial charge in [0.1, 0.15) is 5.75 Å². The summed E-state index contributed by atoms with van der Waals surface area (Å²) in [5.74, 6) is 11.2. The number of carbonyl (C=O) groups excluding carboxylic acids is 2. The number of hydrogen-bond acceptors (Lipinski definition) is 6. The normalized spacial score (nSPS) is 11.8. The number of hydrogen-bond donors (Lipinski definition) is 5. The van der Waals surface area contributed by atoms with E-state index in [9.17, 15) is 13.8 Å². The molecule has 0 saturated heterocycles. The fourth-order valence-corrected chi connectivity index (χ4v) is 2.36. The number of benzene rings is 2. The van der Waals surface area contributed by atoms with Gasteiger partial charge in [-0.3, -0.25) is 4.55 Å². The Morgan fingerprint density at radius 3 is 1.92 bits per heavy atom. The SMILES string of the molecule is NC(=O)N(N)c1ccc(N(N)C(N)=O)c2cc(OS(=O)O)ccc12. The second-order valence-corrected chi connectivity index (χ2v) is 5.13. The average molecular weight is 354 g/mol. The van der Waals surface area contributed by atoms with Crippen molar-refractivity contribution >= 4 is 45.6 Å². The van der Waals surface area contributed by atoms with E-state index < -0.39 is 23.4 Å². The Morgan fingerprint density at radius 1 is 0.958 bits per heavy atom. The molecule has 0 saturated carbocycles. The van der Waals surface area contributed by atoms with E-state index in [1.807, 2.05) is 0 Å². The topological polar surface area (TPSA) is 191 Å². The van der Waals surface area contributed by atoms with Crippen LogP contribution in [0.5, 0.6) is 5.75 Å². The lowest BCUT2D eigenvalue weighted by Gasteiger charge is -2.21. The van der Waals surface area contributed by atoms with Crippen molar-refractivity contribution in [3.63, 3.8) is 0 Å². The van der Waals surface area contributed by atoms with Gasteiger partial charge in [-0.1, -0.05) is 0 Å². The summed E-state index contributed by atoms with van der Waals surface area (Å²) < 4.78 is 24.3. The van der Waals surface area contributed by atoms with Crippen molar-refractivity contribution in [1.29, 1.82) is 0 Å². The lowest BCUT2D eigenvalue weighted by molar-refractivity contribution is 0.253. The second kappa shape index (κ2) is 6.67. The van der Waals surface area contributed by atoms with Gasteiger partial charge >= 0.3 is 23.4 Å². The van der Waals surface area contributed by atoms with Gasteiger partial charge in [-0.05, 0) is 30.3 Å². The maximum Gasteiger partial charge on any atom is 0.357 e. The molecule has 2 rings (SSSR count). The highest BCUT2D eigenvalue weighted by molar-refractivity contribution is 7.74. The summed E-state index contributed by atoms with van der Waals surface area (Å²) in [6.07, 6.45) is 0. The van der Waals surface area contributed by atoms with Gasteiger partial charge in [-0.25, -0.2) is 31.3 Å². The molecule has 0 aliphatic rings. The number of amides is 4. The molecule has 24 heavy (non-hydrogen) atoms. The van der Waals surface area contributed by atoms with E-state index in [2.05, 4.69) is 4.18 Å². The summed E-state index contributed by atoms with van der Waals surface area (Å²) in [5, 5.41) is 2.02. The van der Waals surface area contributed by atoms with Gasteiger partial charge < -0.3 is 15.7 Å². The Morgan fingerprint density at radius 2 is 1.46 bits per heavy atom. The molecule has 0 aromatic heterocycles. The molecule has 2 aromatic carbocycles. The van der Waals surface area contributed by atoms with Gasteiger partial charge in [0.15, 0.2) is 0 Å². The zero-order valence-electron chi connectivity index (χ0n) is 12.1. The quantitative estimate of drug-likeness (QED) is 0.218. The van der Waals surface area contributed by atoms with Gasteiger partial charge in [0.05, 0.1) is 11.4 Å². The third-order valence-corrected chi connectivity index (χ3v) is 3.44. The highest BCUT2D eigenvalue weighted by Gasteiger charge is 2.18. The first-order valence-electron chi connectivity index (χ1n) is 6.27. The molecule has 1 atom stereocenters. The van der Waals surface area contributed by atoms with Crippen molar-refractivity contribution < 1.29 is 22.5 Å². The summed E-state index contributed by atoms with van der Waals surface area (Å²) in [7, 11) is 0. The summed E-state index contributed by atoms with van der Waals surface area (Å²) in [6, 6.07) is 5.08. The molecule has 4 amide bonds. The van der Waals surface area contributed by atoms with Gasteiger partial charge in [0.25, 0.3) is 0 Å². The molecule has 0 heterocycles. The first-order valence-corrected chi connectivity index (χ1v) is 7.30. The fraction of sp³-hybridized carbons (Fsp3) is 0. The molecule has 1 unspecified atom stereocenters. The van der Waals surface area contributed by atoms with Gasteiger partial charge in [-0.2, -0.15) is 4.21 Å². The Labute approximate surface area is 138 Å². The smallest absolute Gasteiger partial charge is 0.357 e. The van der Waals surface area contributed by atoms with E-state index >= 15 is 0 Å². The monoisotopic (exact) mass is 354 g/mol. The van der Waals surface area contributed by atoms with E-state index in [4.69, 9.17) is 27.7 Å². The molecule has 0 aliphatic heterocycles. The molecule has 9 N–H and O–H groups in total. The van der Waals surface area contributed by atoms with Crippen LogP contribution in [-0.4, -0.2) is 20.8 Å². The molecule has 0 radical (unpaired) electrons. The summed E-state index contributed by atoms with van der Waals surface area (Å²) in [6.45, 7) is 0. The number of nitrogens with two attached hydrogens (primary N) is 4. The Balaban J connectivity index is 2.74. The number of rotatable bonds is 4. The predicted octanol–water partition coefficient (Wildman–Crippen LogP) is -0.127. The number of anilines is 2. The summed E-state index contributed by atoms with van der Waals surface area (Å²) >= 11 is -2.55. The number of urea groups is 2. The molecule has 0 spiro atoms. The Bertz CT molecular complexity index is 844. The average Bonchev–Trinajstić information content (AvgIpc) is 2.51. The van der Waals surface area contributed by atoms with E-state index in [-0.39, 0.29) is 22.5 Å². The molecule has 0 bridgehead atoms.